The molecular weight excluding hydrogens is 358 g/mol. The first kappa shape index (κ1) is 18.5. The fourth-order valence-corrected chi connectivity index (χ4v) is 4.25. The van der Waals surface area contributed by atoms with Crippen LogP contribution in [0.2, 0.25) is 0 Å². The van der Waals surface area contributed by atoms with Crippen LogP contribution in [-0.4, -0.2) is 75.3 Å². The number of anilines is 1. The standard InChI is InChI=1S/C17H23N3O5S/c1-13-4-6-14(7-5-13)20(26(3,23)24)10-15(21)19-9-8-17(12-19)11-18(2)16(22)25-17/h4-7H,8-12H2,1-3H3/t17-/m1/s1. The van der Waals surface area contributed by atoms with Crippen molar-refractivity contribution in [3.05, 3.63) is 29.8 Å². The van der Waals surface area contributed by atoms with E-state index in [0.29, 0.717) is 25.2 Å². The van der Waals surface area contributed by atoms with Crippen LogP contribution in [0.15, 0.2) is 24.3 Å². The van der Waals surface area contributed by atoms with Crippen molar-refractivity contribution in [1.82, 2.24) is 9.80 Å². The molecule has 0 aromatic heterocycles. The Kier molecular flexibility index (Phi) is 4.60. The molecule has 2 aliphatic heterocycles. The number of hydrogen-bond acceptors (Lipinski definition) is 5. The molecule has 0 N–H and O–H groups in total. The highest BCUT2D eigenvalue weighted by atomic mass is 32.2. The Hall–Kier alpha value is -2.29. The van der Waals surface area contributed by atoms with Gasteiger partial charge in [-0.1, -0.05) is 17.7 Å². The zero-order valence-corrected chi connectivity index (χ0v) is 16.0. The van der Waals surface area contributed by atoms with Crippen molar-refractivity contribution >= 4 is 27.7 Å². The maximum Gasteiger partial charge on any atom is 0.410 e. The van der Waals surface area contributed by atoms with E-state index in [1.807, 2.05) is 6.92 Å². The van der Waals surface area contributed by atoms with Crippen LogP contribution in [0.5, 0.6) is 0 Å². The molecule has 8 nitrogen and oxygen atoms in total. The van der Waals surface area contributed by atoms with E-state index in [-0.39, 0.29) is 19.0 Å². The monoisotopic (exact) mass is 381 g/mol. The van der Waals surface area contributed by atoms with Gasteiger partial charge in [-0.05, 0) is 19.1 Å². The van der Waals surface area contributed by atoms with Crippen LogP contribution in [0.3, 0.4) is 0 Å². The molecule has 9 heteroatoms. The lowest BCUT2D eigenvalue weighted by atomic mass is 10.0. The summed E-state index contributed by atoms with van der Waals surface area (Å²) < 4.78 is 30.9. The molecule has 142 valence electrons. The molecule has 3 rings (SSSR count). The van der Waals surface area contributed by atoms with Crippen LogP contribution >= 0.6 is 0 Å². The number of likely N-dealkylation sites (N-methyl/N-ethyl adjacent to an activating group) is 1. The van der Waals surface area contributed by atoms with Gasteiger partial charge in [0.15, 0.2) is 5.60 Å². The molecule has 2 fully saturated rings. The van der Waals surface area contributed by atoms with Gasteiger partial charge < -0.3 is 14.5 Å². The second-order valence-electron chi connectivity index (χ2n) is 7.08. The maximum absolute atomic E-state index is 12.7. The highest BCUT2D eigenvalue weighted by Gasteiger charge is 2.49. The number of carbonyl (C=O) groups is 2. The number of amides is 2. The number of nitrogens with zero attached hydrogens (tertiary/aromatic N) is 3. The number of ether oxygens (including phenoxy) is 1. The van der Waals surface area contributed by atoms with Gasteiger partial charge in [0.2, 0.25) is 15.9 Å². The second kappa shape index (κ2) is 6.46. The molecule has 2 aliphatic rings. The van der Waals surface area contributed by atoms with E-state index in [0.717, 1.165) is 16.1 Å². The Morgan fingerprint density at radius 1 is 1.27 bits per heavy atom. The summed E-state index contributed by atoms with van der Waals surface area (Å²) in [5, 5.41) is 0. The Morgan fingerprint density at radius 3 is 2.46 bits per heavy atom. The van der Waals surface area contributed by atoms with E-state index in [2.05, 4.69) is 0 Å². The van der Waals surface area contributed by atoms with Gasteiger partial charge in [-0.3, -0.25) is 9.10 Å². The molecule has 0 unspecified atom stereocenters. The molecule has 1 atom stereocenters. The zero-order valence-electron chi connectivity index (χ0n) is 15.1. The molecule has 0 bridgehead atoms. The van der Waals surface area contributed by atoms with Crippen molar-refractivity contribution in [3.8, 4) is 0 Å². The van der Waals surface area contributed by atoms with E-state index in [9.17, 15) is 18.0 Å². The van der Waals surface area contributed by atoms with E-state index in [1.165, 1.54) is 4.90 Å². The van der Waals surface area contributed by atoms with Crippen LogP contribution < -0.4 is 4.31 Å². The van der Waals surface area contributed by atoms with Gasteiger partial charge in [-0.15, -0.1) is 0 Å². The maximum atomic E-state index is 12.7. The normalized spacial score (nSPS) is 22.8. The second-order valence-corrected chi connectivity index (χ2v) is 8.98. The molecule has 0 radical (unpaired) electrons. The highest BCUT2D eigenvalue weighted by molar-refractivity contribution is 7.92. The number of rotatable bonds is 4. The van der Waals surface area contributed by atoms with Crippen LogP contribution in [0.1, 0.15) is 12.0 Å². The third-order valence-corrected chi connectivity index (χ3v) is 5.95. The largest absolute Gasteiger partial charge is 0.439 e. The third kappa shape index (κ3) is 3.62. The molecule has 2 amide bonds. The van der Waals surface area contributed by atoms with Gasteiger partial charge in [0.25, 0.3) is 0 Å². The van der Waals surface area contributed by atoms with E-state index < -0.39 is 21.7 Å². The Bertz CT molecular complexity index is 823. The molecular formula is C17H23N3O5S. The summed E-state index contributed by atoms with van der Waals surface area (Å²) in [6.07, 6.45) is 1.24. The zero-order chi connectivity index (χ0) is 19.1. The summed E-state index contributed by atoms with van der Waals surface area (Å²) in [6, 6.07) is 6.97. The van der Waals surface area contributed by atoms with E-state index in [1.54, 1.807) is 36.2 Å². The fourth-order valence-electron chi connectivity index (χ4n) is 3.40. The first-order chi connectivity index (χ1) is 12.1. The summed E-state index contributed by atoms with van der Waals surface area (Å²) in [5.74, 6) is -0.307. The quantitative estimate of drug-likeness (QED) is 0.770. The Morgan fingerprint density at radius 2 is 1.92 bits per heavy atom. The molecule has 1 aromatic rings. The van der Waals surface area contributed by atoms with Crippen molar-refractivity contribution in [2.45, 2.75) is 18.9 Å². The van der Waals surface area contributed by atoms with E-state index in [4.69, 9.17) is 4.74 Å². The predicted octanol–water partition coefficient (Wildman–Crippen LogP) is 0.814. The fraction of sp³-hybridized carbons (Fsp3) is 0.529. The van der Waals surface area contributed by atoms with Gasteiger partial charge in [-0.2, -0.15) is 0 Å². The number of carbonyl (C=O) groups excluding carboxylic acids is 2. The highest BCUT2D eigenvalue weighted by Crippen LogP contribution is 2.32. The van der Waals surface area contributed by atoms with Crippen molar-refractivity contribution in [3.63, 3.8) is 0 Å². The SMILES string of the molecule is Cc1ccc(N(CC(=O)N2CC[C@@]3(CN(C)C(=O)O3)C2)S(C)(=O)=O)cc1. The number of benzene rings is 1. The smallest absolute Gasteiger partial charge is 0.410 e. The summed E-state index contributed by atoms with van der Waals surface area (Å²) in [7, 11) is -1.95. The van der Waals surface area contributed by atoms with Crippen molar-refractivity contribution < 1.29 is 22.7 Å². The van der Waals surface area contributed by atoms with Crippen LogP contribution in [0.4, 0.5) is 10.5 Å². The average Bonchev–Trinajstić information content (AvgIpc) is 3.08. The van der Waals surface area contributed by atoms with Gasteiger partial charge in [-0.25, -0.2) is 13.2 Å². The van der Waals surface area contributed by atoms with E-state index >= 15 is 0 Å². The van der Waals surface area contributed by atoms with Crippen LogP contribution in [0, 0.1) is 6.92 Å². The topological polar surface area (TPSA) is 87.2 Å². The number of sulfonamides is 1. The molecule has 0 saturated carbocycles. The lowest BCUT2D eigenvalue weighted by Gasteiger charge is -2.26. The molecule has 26 heavy (non-hydrogen) atoms. The molecule has 2 saturated heterocycles. The first-order valence-electron chi connectivity index (χ1n) is 8.36. The van der Waals surface area contributed by atoms with Crippen molar-refractivity contribution in [2.24, 2.45) is 0 Å². The minimum atomic E-state index is -3.61. The van der Waals surface area contributed by atoms with Crippen molar-refractivity contribution in [2.75, 3.05) is 43.8 Å². The van der Waals surface area contributed by atoms with Crippen LogP contribution in [0.25, 0.3) is 0 Å². The summed E-state index contributed by atoms with van der Waals surface area (Å²) in [4.78, 5) is 27.4. The third-order valence-electron chi connectivity index (χ3n) is 4.81. The van der Waals surface area contributed by atoms with Gasteiger partial charge in [0.05, 0.1) is 25.0 Å². The Balaban J connectivity index is 1.73. The van der Waals surface area contributed by atoms with Crippen LogP contribution in [-0.2, 0) is 19.6 Å². The predicted molar refractivity (Wildman–Crippen MR) is 96.4 cm³/mol. The first-order valence-corrected chi connectivity index (χ1v) is 10.2. The number of likely N-dealkylation sites (tertiary alicyclic amines) is 1. The number of hydrogen-bond donors (Lipinski definition) is 0. The average molecular weight is 381 g/mol. The summed E-state index contributed by atoms with van der Waals surface area (Å²) in [6.45, 7) is 2.79. The lowest BCUT2D eigenvalue weighted by molar-refractivity contribution is -0.129. The molecule has 2 heterocycles. The minimum absolute atomic E-state index is 0.276. The van der Waals surface area contributed by atoms with Gasteiger partial charge >= 0.3 is 6.09 Å². The van der Waals surface area contributed by atoms with Crippen molar-refractivity contribution in [1.29, 1.82) is 0 Å². The number of aryl methyl sites for hydroxylation is 1. The summed E-state index contributed by atoms with van der Waals surface area (Å²) in [5.41, 5.74) is 0.774. The lowest BCUT2D eigenvalue weighted by Crippen LogP contribution is -2.44. The minimum Gasteiger partial charge on any atom is -0.439 e. The Labute approximate surface area is 153 Å². The summed E-state index contributed by atoms with van der Waals surface area (Å²) >= 11 is 0. The van der Waals surface area contributed by atoms with Gasteiger partial charge in [0.1, 0.15) is 6.54 Å². The molecule has 1 spiro atoms. The molecule has 1 aromatic carbocycles. The molecule has 0 aliphatic carbocycles. The van der Waals surface area contributed by atoms with Gasteiger partial charge in [0, 0.05) is 20.0 Å².